The Labute approximate surface area is 165 Å². The van der Waals surface area contributed by atoms with Gasteiger partial charge >= 0.3 is 12.2 Å². The van der Waals surface area contributed by atoms with Crippen LogP contribution in [0.4, 0.5) is 28.0 Å². The highest BCUT2D eigenvalue weighted by atomic mass is 19.4. The highest BCUT2D eigenvalue weighted by Gasteiger charge is 2.30. The van der Waals surface area contributed by atoms with Gasteiger partial charge in [0.1, 0.15) is 5.82 Å². The van der Waals surface area contributed by atoms with Gasteiger partial charge in [-0.2, -0.15) is 13.2 Å². The number of urea groups is 1. The monoisotopic (exact) mass is 411 g/mol. The molecule has 0 radical (unpaired) electrons. The van der Waals surface area contributed by atoms with Crippen molar-refractivity contribution in [1.29, 1.82) is 0 Å². The van der Waals surface area contributed by atoms with Crippen LogP contribution < -0.4 is 10.6 Å². The number of alkyl halides is 3. The van der Waals surface area contributed by atoms with Crippen LogP contribution in [0.1, 0.15) is 17.2 Å². The molecule has 3 rings (SSSR count). The summed E-state index contributed by atoms with van der Waals surface area (Å²) in [6, 6.07) is 9.60. The van der Waals surface area contributed by atoms with Crippen LogP contribution >= 0.6 is 0 Å². The lowest BCUT2D eigenvalue weighted by Gasteiger charge is -2.35. The number of nitrogens with zero attached hydrogens (tertiary/aromatic N) is 1. The highest BCUT2D eigenvalue weighted by molar-refractivity contribution is 5.89. The van der Waals surface area contributed by atoms with Crippen molar-refractivity contribution in [2.75, 3.05) is 38.2 Å². The summed E-state index contributed by atoms with van der Waals surface area (Å²) in [6.45, 7) is 2.61. The number of ether oxygens (including phenoxy) is 1. The summed E-state index contributed by atoms with van der Waals surface area (Å²) in [5.41, 5.74) is 0.0301. The van der Waals surface area contributed by atoms with E-state index < -0.39 is 17.8 Å². The molecule has 1 heterocycles. The third-order valence-corrected chi connectivity index (χ3v) is 4.64. The molecule has 0 unspecified atom stereocenters. The van der Waals surface area contributed by atoms with E-state index in [1.807, 2.05) is 0 Å². The zero-order chi connectivity index (χ0) is 20.9. The summed E-state index contributed by atoms with van der Waals surface area (Å²) in [6.07, 6.45) is -4.49. The van der Waals surface area contributed by atoms with Crippen LogP contribution in [0.15, 0.2) is 48.5 Å². The Bertz CT molecular complexity index is 821. The second-order valence-corrected chi connectivity index (χ2v) is 6.63. The fourth-order valence-corrected chi connectivity index (χ4v) is 3.17. The number of carbonyl (C=O) groups excluding carboxylic acids is 1. The normalized spacial score (nSPS) is 16.3. The minimum absolute atomic E-state index is 0.0435. The molecule has 0 saturated carbocycles. The molecule has 2 N–H and O–H groups in total. The topological polar surface area (TPSA) is 53.6 Å². The molecule has 1 aliphatic rings. The molecule has 1 saturated heterocycles. The van der Waals surface area contributed by atoms with Gasteiger partial charge < -0.3 is 15.4 Å². The number of hydrogen-bond acceptors (Lipinski definition) is 3. The van der Waals surface area contributed by atoms with Crippen LogP contribution in [-0.4, -0.2) is 43.8 Å². The highest BCUT2D eigenvalue weighted by Crippen LogP contribution is 2.30. The molecule has 0 bridgehead atoms. The van der Waals surface area contributed by atoms with Crippen molar-refractivity contribution < 1.29 is 27.1 Å². The van der Waals surface area contributed by atoms with Gasteiger partial charge in [-0.15, -0.1) is 0 Å². The summed E-state index contributed by atoms with van der Waals surface area (Å²) in [4.78, 5) is 14.4. The fourth-order valence-electron chi connectivity index (χ4n) is 3.17. The number of anilines is 1. The van der Waals surface area contributed by atoms with Gasteiger partial charge in [0.05, 0.1) is 24.8 Å². The van der Waals surface area contributed by atoms with Crippen molar-refractivity contribution in [2.24, 2.45) is 0 Å². The molecule has 5 nitrogen and oxygen atoms in total. The van der Waals surface area contributed by atoms with E-state index in [0.717, 1.165) is 17.7 Å². The first-order chi connectivity index (χ1) is 13.8. The van der Waals surface area contributed by atoms with Gasteiger partial charge in [-0.05, 0) is 35.9 Å². The van der Waals surface area contributed by atoms with Gasteiger partial charge in [-0.1, -0.05) is 18.2 Å². The number of benzene rings is 2. The van der Waals surface area contributed by atoms with E-state index in [4.69, 9.17) is 4.74 Å². The number of rotatable bonds is 5. The molecule has 9 heteroatoms. The minimum Gasteiger partial charge on any atom is -0.379 e. The molecule has 0 aliphatic carbocycles. The first kappa shape index (κ1) is 21.1. The summed E-state index contributed by atoms with van der Waals surface area (Å²) in [7, 11) is 0. The number of nitrogens with one attached hydrogen (secondary N) is 2. The van der Waals surface area contributed by atoms with Crippen molar-refractivity contribution in [3.63, 3.8) is 0 Å². The molecule has 2 amide bonds. The molecule has 156 valence electrons. The molecule has 0 spiro atoms. The van der Waals surface area contributed by atoms with E-state index in [-0.39, 0.29) is 24.1 Å². The first-order valence-electron chi connectivity index (χ1n) is 9.12. The maximum atomic E-state index is 13.3. The Morgan fingerprint density at radius 2 is 1.79 bits per heavy atom. The average Bonchev–Trinajstić information content (AvgIpc) is 2.70. The van der Waals surface area contributed by atoms with Crippen LogP contribution in [-0.2, 0) is 10.9 Å². The van der Waals surface area contributed by atoms with Gasteiger partial charge in [0.2, 0.25) is 0 Å². The zero-order valence-electron chi connectivity index (χ0n) is 15.5. The quantitative estimate of drug-likeness (QED) is 0.731. The van der Waals surface area contributed by atoms with Gasteiger partial charge in [-0.25, -0.2) is 9.18 Å². The van der Waals surface area contributed by atoms with Crippen molar-refractivity contribution in [1.82, 2.24) is 10.2 Å². The van der Waals surface area contributed by atoms with Gasteiger partial charge in [0, 0.05) is 25.3 Å². The van der Waals surface area contributed by atoms with E-state index in [1.54, 1.807) is 12.1 Å². The van der Waals surface area contributed by atoms with Crippen molar-refractivity contribution in [3.8, 4) is 0 Å². The molecular weight excluding hydrogens is 390 g/mol. The number of hydrogen-bond donors (Lipinski definition) is 2. The van der Waals surface area contributed by atoms with Gasteiger partial charge in [0.25, 0.3) is 0 Å². The summed E-state index contributed by atoms with van der Waals surface area (Å²) in [5, 5.41) is 5.11. The van der Waals surface area contributed by atoms with Crippen molar-refractivity contribution in [2.45, 2.75) is 12.2 Å². The number of halogens is 4. The fraction of sp³-hybridized carbons (Fsp3) is 0.350. The predicted octanol–water partition coefficient (Wildman–Crippen LogP) is 4.04. The van der Waals surface area contributed by atoms with Crippen LogP contribution in [0.3, 0.4) is 0 Å². The summed E-state index contributed by atoms with van der Waals surface area (Å²) in [5.74, 6) is -0.357. The second-order valence-electron chi connectivity index (χ2n) is 6.63. The summed E-state index contributed by atoms with van der Waals surface area (Å²) < 4.78 is 57.1. The lowest BCUT2D eigenvalue weighted by molar-refractivity contribution is -0.137. The zero-order valence-corrected chi connectivity index (χ0v) is 15.5. The van der Waals surface area contributed by atoms with E-state index in [0.29, 0.717) is 26.3 Å². The van der Waals surface area contributed by atoms with E-state index in [2.05, 4.69) is 15.5 Å². The second kappa shape index (κ2) is 9.23. The van der Waals surface area contributed by atoms with Gasteiger partial charge in [-0.3, -0.25) is 4.90 Å². The van der Waals surface area contributed by atoms with Crippen molar-refractivity contribution in [3.05, 3.63) is 65.5 Å². The first-order valence-corrected chi connectivity index (χ1v) is 9.12. The van der Waals surface area contributed by atoms with E-state index >= 15 is 0 Å². The molecule has 2 aromatic carbocycles. The average molecular weight is 411 g/mol. The Hall–Kier alpha value is -2.65. The third-order valence-electron chi connectivity index (χ3n) is 4.64. The summed E-state index contributed by atoms with van der Waals surface area (Å²) >= 11 is 0. The van der Waals surface area contributed by atoms with Gasteiger partial charge in [0.15, 0.2) is 0 Å². The Morgan fingerprint density at radius 3 is 2.45 bits per heavy atom. The van der Waals surface area contributed by atoms with E-state index in [9.17, 15) is 22.4 Å². The van der Waals surface area contributed by atoms with Crippen LogP contribution in [0, 0.1) is 5.82 Å². The van der Waals surface area contributed by atoms with Crippen LogP contribution in [0.25, 0.3) is 0 Å². The lowest BCUT2D eigenvalue weighted by Crippen LogP contribution is -2.44. The smallest absolute Gasteiger partial charge is 0.379 e. The van der Waals surface area contributed by atoms with E-state index in [1.165, 1.54) is 24.3 Å². The molecular formula is C20H21F4N3O2. The predicted molar refractivity (Wildman–Crippen MR) is 100.0 cm³/mol. The minimum atomic E-state index is -4.49. The lowest BCUT2D eigenvalue weighted by atomic mass is 10.0. The largest absolute Gasteiger partial charge is 0.416 e. The van der Waals surface area contributed by atoms with Crippen LogP contribution in [0.2, 0.25) is 0 Å². The molecule has 1 aliphatic heterocycles. The number of carbonyl (C=O) groups is 1. The molecule has 1 fully saturated rings. The molecule has 2 aromatic rings. The molecule has 0 aromatic heterocycles. The van der Waals surface area contributed by atoms with Crippen molar-refractivity contribution >= 4 is 11.7 Å². The third kappa shape index (κ3) is 5.91. The SMILES string of the molecule is O=C(NC[C@H](c1ccc(F)cc1)N1CCOCC1)Nc1cccc(C(F)(F)F)c1. The Balaban J connectivity index is 1.65. The Morgan fingerprint density at radius 1 is 1.10 bits per heavy atom. The maximum Gasteiger partial charge on any atom is 0.416 e. The maximum absolute atomic E-state index is 13.3. The Kier molecular flexibility index (Phi) is 6.71. The number of amides is 2. The number of morpholine rings is 1. The molecule has 1 atom stereocenters. The van der Waals surface area contributed by atoms with Crippen LogP contribution in [0.5, 0.6) is 0 Å². The molecule has 29 heavy (non-hydrogen) atoms. The standard InChI is InChI=1S/C20H21F4N3O2/c21-16-6-4-14(5-7-16)18(27-8-10-29-11-9-27)13-25-19(28)26-17-3-1-2-15(12-17)20(22,23)24/h1-7,12,18H,8-11,13H2,(H2,25,26,28)/t18-/m1/s1.